The summed E-state index contributed by atoms with van der Waals surface area (Å²) in [4.78, 5) is 28.9. The molecule has 0 saturated heterocycles. The van der Waals surface area contributed by atoms with Crippen molar-refractivity contribution in [2.45, 2.75) is 11.8 Å². The third-order valence-electron chi connectivity index (χ3n) is 7.58. The third-order valence-corrected chi connectivity index (χ3v) is 8.82. The molecule has 45 heavy (non-hydrogen) atoms. The molecular weight excluding hydrogens is 591 g/mol. The fraction of sp³-hybridized carbons (Fsp3) is 0.171. The number of thioether (sulfide) groups is 1. The zero-order valence-corrected chi connectivity index (χ0v) is 25.6. The largest absolute Gasteiger partial charge is 0.497 e. The Bertz CT molecular complexity index is 1810. The average Bonchev–Trinajstić information content (AvgIpc) is 3.41. The van der Waals surface area contributed by atoms with Gasteiger partial charge in [0.25, 0.3) is 0 Å². The van der Waals surface area contributed by atoms with Crippen molar-refractivity contribution in [3.05, 3.63) is 126 Å². The number of benzene rings is 4. The zero-order valence-electron chi connectivity index (χ0n) is 24.8. The highest BCUT2D eigenvalue weighted by Crippen LogP contribution is 2.50. The first kappa shape index (κ1) is 30.0. The topological polar surface area (TPSA) is 85.7 Å². The van der Waals surface area contributed by atoms with E-state index in [0.717, 1.165) is 22.3 Å². The van der Waals surface area contributed by atoms with Gasteiger partial charge in [-0.2, -0.15) is 5.10 Å². The molecule has 1 aromatic heterocycles. The molecule has 0 spiro atoms. The van der Waals surface area contributed by atoms with Crippen molar-refractivity contribution in [3.63, 3.8) is 0 Å². The zero-order chi connectivity index (χ0) is 31.3. The van der Waals surface area contributed by atoms with Gasteiger partial charge in [0.15, 0.2) is 0 Å². The SMILES string of the molecule is COc1ccc(-n2nc(-c3ccccc3)c3c2N(CC(=O)NCc2ccc(F)cc2)C(=O)CSC3c2ccccc2OC)cc1. The fourth-order valence-corrected chi connectivity index (χ4v) is 6.59. The fourth-order valence-electron chi connectivity index (χ4n) is 5.36. The molecule has 2 amide bonds. The van der Waals surface area contributed by atoms with Crippen LogP contribution in [0.3, 0.4) is 0 Å². The van der Waals surface area contributed by atoms with Gasteiger partial charge < -0.3 is 14.8 Å². The second-order valence-electron chi connectivity index (χ2n) is 10.4. The number of carbonyl (C=O) groups is 2. The minimum absolute atomic E-state index is 0.124. The summed E-state index contributed by atoms with van der Waals surface area (Å²) in [6.07, 6.45) is 0. The summed E-state index contributed by atoms with van der Waals surface area (Å²) in [7, 11) is 3.23. The number of anilines is 1. The van der Waals surface area contributed by atoms with Gasteiger partial charge >= 0.3 is 0 Å². The molecule has 0 radical (unpaired) electrons. The van der Waals surface area contributed by atoms with Gasteiger partial charge in [0.05, 0.1) is 36.6 Å². The number of rotatable bonds is 9. The van der Waals surface area contributed by atoms with Crippen LogP contribution in [0.5, 0.6) is 11.5 Å². The Morgan fingerprint density at radius 1 is 0.933 bits per heavy atom. The van der Waals surface area contributed by atoms with Crippen molar-refractivity contribution in [3.8, 4) is 28.4 Å². The summed E-state index contributed by atoms with van der Waals surface area (Å²) >= 11 is 1.47. The van der Waals surface area contributed by atoms with Gasteiger partial charge in [-0.1, -0.05) is 60.7 Å². The van der Waals surface area contributed by atoms with Crippen molar-refractivity contribution in [1.82, 2.24) is 15.1 Å². The quantitative estimate of drug-likeness (QED) is 0.211. The Balaban J connectivity index is 1.51. The molecule has 1 unspecified atom stereocenters. The number of hydrogen-bond acceptors (Lipinski definition) is 6. The van der Waals surface area contributed by atoms with Crippen LogP contribution in [-0.2, 0) is 16.1 Å². The number of methoxy groups -OCH3 is 2. The number of hydrogen-bond donors (Lipinski definition) is 1. The number of amides is 2. The molecule has 2 heterocycles. The molecule has 8 nitrogen and oxygen atoms in total. The molecular formula is C35H31FN4O4S. The first-order valence-electron chi connectivity index (χ1n) is 14.4. The Kier molecular flexibility index (Phi) is 8.84. The van der Waals surface area contributed by atoms with Crippen molar-refractivity contribution in [1.29, 1.82) is 0 Å². The highest BCUT2D eigenvalue weighted by Gasteiger charge is 2.38. The highest BCUT2D eigenvalue weighted by molar-refractivity contribution is 8.00. The van der Waals surface area contributed by atoms with E-state index in [1.165, 1.54) is 28.8 Å². The Morgan fingerprint density at radius 2 is 1.64 bits per heavy atom. The number of nitrogens with one attached hydrogen (secondary N) is 1. The van der Waals surface area contributed by atoms with Gasteiger partial charge in [-0.15, -0.1) is 11.8 Å². The lowest BCUT2D eigenvalue weighted by Crippen LogP contribution is -2.42. The Hall–Kier alpha value is -5.09. The molecule has 1 aliphatic heterocycles. The van der Waals surface area contributed by atoms with Crippen LogP contribution < -0.4 is 19.7 Å². The van der Waals surface area contributed by atoms with Crippen LogP contribution in [0.1, 0.15) is 21.9 Å². The van der Waals surface area contributed by atoms with Gasteiger partial charge in [0.2, 0.25) is 11.8 Å². The average molecular weight is 623 g/mol. The number of aromatic nitrogens is 2. The summed E-state index contributed by atoms with van der Waals surface area (Å²) in [6, 6.07) is 30.9. The van der Waals surface area contributed by atoms with Crippen LogP contribution in [0.15, 0.2) is 103 Å². The van der Waals surface area contributed by atoms with E-state index in [4.69, 9.17) is 14.6 Å². The molecule has 0 bridgehead atoms. The van der Waals surface area contributed by atoms with E-state index in [1.54, 1.807) is 31.0 Å². The number of ether oxygens (including phenoxy) is 2. The molecule has 228 valence electrons. The standard InChI is InChI=1S/C35H31FN4O4S/c1-43-27-18-16-26(17-19-27)40-35-32(33(38-40)24-8-4-3-5-9-24)34(28-10-6-7-11-29(28)44-2)45-22-31(42)39(35)21-30(41)37-20-23-12-14-25(36)15-13-23/h3-19,34H,20-22H2,1-2H3,(H,37,41). The second kappa shape index (κ2) is 13.3. The Labute approximate surface area is 264 Å². The molecule has 5 aromatic rings. The van der Waals surface area contributed by atoms with Crippen molar-refractivity contribution in [2.24, 2.45) is 0 Å². The molecule has 6 rings (SSSR count). The molecule has 10 heteroatoms. The van der Waals surface area contributed by atoms with Crippen LogP contribution in [0.4, 0.5) is 10.2 Å². The maximum absolute atomic E-state index is 14.0. The highest BCUT2D eigenvalue weighted by atomic mass is 32.2. The number of para-hydroxylation sites is 1. The van der Waals surface area contributed by atoms with Gasteiger partial charge in [0.1, 0.15) is 29.7 Å². The van der Waals surface area contributed by atoms with Crippen LogP contribution in [0.25, 0.3) is 16.9 Å². The van der Waals surface area contributed by atoms with Gasteiger partial charge in [0, 0.05) is 23.2 Å². The van der Waals surface area contributed by atoms with Gasteiger partial charge in [-0.25, -0.2) is 9.07 Å². The molecule has 0 saturated carbocycles. The first-order chi connectivity index (χ1) is 22.0. The molecule has 4 aromatic carbocycles. The van der Waals surface area contributed by atoms with E-state index < -0.39 is 0 Å². The van der Waals surface area contributed by atoms with E-state index in [9.17, 15) is 14.0 Å². The summed E-state index contributed by atoms with van der Waals surface area (Å²) < 4.78 is 26.3. The normalized spacial score (nSPS) is 14.4. The predicted octanol–water partition coefficient (Wildman–Crippen LogP) is 6.18. The predicted molar refractivity (Wildman–Crippen MR) is 173 cm³/mol. The molecule has 1 aliphatic rings. The molecule has 0 aliphatic carbocycles. The molecule has 1 atom stereocenters. The van der Waals surface area contributed by atoms with Crippen LogP contribution in [0, 0.1) is 5.82 Å². The maximum atomic E-state index is 14.0. The van der Waals surface area contributed by atoms with Crippen molar-refractivity contribution >= 4 is 29.4 Å². The van der Waals surface area contributed by atoms with E-state index >= 15 is 0 Å². The summed E-state index contributed by atoms with van der Waals surface area (Å²) in [5.74, 6) is 1.05. The number of carbonyl (C=O) groups excluding carboxylic acids is 2. The van der Waals surface area contributed by atoms with E-state index in [-0.39, 0.29) is 41.7 Å². The second-order valence-corrected chi connectivity index (χ2v) is 11.5. The molecule has 0 fully saturated rings. The lowest BCUT2D eigenvalue weighted by Gasteiger charge is -2.23. The maximum Gasteiger partial charge on any atom is 0.240 e. The lowest BCUT2D eigenvalue weighted by atomic mass is 9.99. The summed E-state index contributed by atoms with van der Waals surface area (Å²) in [6.45, 7) is -0.0398. The third kappa shape index (κ3) is 6.28. The van der Waals surface area contributed by atoms with E-state index in [1.807, 2.05) is 78.9 Å². The van der Waals surface area contributed by atoms with Gasteiger partial charge in [-0.05, 0) is 48.0 Å². The van der Waals surface area contributed by atoms with Crippen LogP contribution in [-0.4, -0.2) is 48.1 Å². The lowest BCUT2D eigenvalue weighted by molar-refractivity contribution is -0.123. The number of halogens is 1. The number of nitrogens with zero attached hydrogens (tertiary/aromatic N) is 3. The smallest absolute Gasteiger partial charge is 0.240 e. The molecule has 1 N–H and O–H groups in total. The van der Waals surface area contributed by atoms with Crippen molar-refractivity contribution in [2.75, 3.05) is 31.4 Å². The monoisotopic (exact) mass is 622 g/mol. The first-order valence-corrected chi connectivity index (χ1v) is 15.4. The van der Waals surface area contributed by atoms with Crippen LogP contribution >= 0.6 is 11.8 Å². The summed E-state index contributed by atoms with van der Waals surface area (Å²) in [5.41, 5.74) is 4.70. The number of fused-ring (bicyclic) bond motifs is 1. The van der Waals surface area contributed by atoms with Crippen molar-refractivity contribution < 1.29 is 23.5 Å². The minimum Gasteiger partial charge on any atom is -0.497 e. The Morgan fingerprint density at radius 3 is 2.36 bits per heavy atom. The van der Waals surface area contributed by atoms with Crippen LogP contribution in [0.2, 0.25) is 0 Å². The van der Waals surface area contributed by atoms with E-state index in [2.05, 4.69) is 5.32 Å². The summed E-state index contributed by atoms with van der Waals surface area (Å²) in [5, 5.41) is 7.66. The minimum atomic E-state index is -0.358. The van der Waals surface area contributed by atoms with Gasteiger partial charge in [-0.3, -0.25) is 14.5 Å². The van der Waals surface area contributed by atoms with E-state index in [0.29, 0.717) is 28.7 Å².